The van der Waals surface area contributed by atoms with Gasteiger partial charge in [0.15, 0.2) is 0 Å². The number of hydrogen-bond donors (Lipinski definition) is 1. The molecule has 2 fully saturated rings. The second-order valence-electron chi connectivity index (χ2n) is 7.83. The Morgan fingerprint density at radius 3 is 1.90 bits per heavy atom. The normalized spacial score (nSPS) is 29.2. The molecule has 3 nitrogen and oxygen atoms in total. The Bertz CT molecular complexity index is 320. The lowest BCUT2D eigenvalue weighted by molar-refractivity contribution is -0.192. The van der Waals surface area contributed by atoms with Gasteiger partial charge in [-0.3, -0.25) is 10.0 Å². The van der Waals surface area contributed by atoms with Crippen LogP contribution in [0.5, 0.6) is 0 Å². The summed E-state index contributed by atoms with van der Waals surface area (Å²) in [6, 6.07) is 0. The summed E-state index contributed by atoms with van der Waals surface area (Å²) < 4.78 is 0. The molecule has 1 N–H and O–H groups in total. The SMILES string of the molecule is CC(C)(C)N(O)C(=O)C1CCC(C2CCCCC2)CC1. The van der Waals surface area contributed by atoms with Crippen LogP contribution in [0, 0.1) is 17.8 Å². The first-order valence-electron chi connectivity index (χ1n) is 8.42. The highest BCUT2D eigenvalue weighted by Crippen LogP contribution is 2.40. The smallest absolute Gasteiger partial charge is 0.249 e. The van der Waals surface area contributed by atoms with Crippen LogP contribution >= 0.6 is 0 Å². The van der Waals surface area contributed by atoms with Crippen molar-refractivity contribution in [1.82, 2.24) is 5.06 Å². The van der Waals surface area contributed by atoms with Gasteiger partial charge >= 0.3 is 0 Å². The largest absolute Gasteiger partial charge is 0.285 e. The molecule has 20 heavy (non-hydrogen) atoms. The second kappa shape index (κ2) is 6.46. The molecule has 2 aliphatic rings. The summed E-state index contributed by atoms with van der Waals surface area (Å²) in [6.45, 7) is 5.62. The van der Waals surface area contributed by atoms with Crippen LogP contribution < -0.4 is 0 Å². The van der Waals surface area contributed by atoms with Gasteiger partial charge in [0.2, 0.25) is 5.91 Å². The maximum atomic E-state index is 12.3. The van der Waals surface area contributed by atoms with Crippen molar-refractivity contribution in [3.05, 3.63) is 0 Å². The van der Waals surface area contributed by atoms with Gasteiger partial charge in [-0.15, -0.1) is 0 Å². The van der Waals surface area contributed by atoms with Crippen molar-refractivity contribution in [2.75, 3.05) is 0 Å². The molecule has 1 amide bonds. The van der Waals surface area contributed by atoms with E-state index in [9.17, 15) is 10.0 Å². The average Bonchev–Trinajstić information content (AvgIpc) is 2.46. The molecule has 0 aromatic carbocycles. The van der Waals surface area contributed by atoms with Gasteiger partial charge in [-0.25, -0.2) is 5.06 Å². The van der Waals surface area contributed by atoms with E-state index in [4.69, 9.17) is 0 Å². The van der Waals surface area contributed by atoms with Crippen LogP contribution in [0.4, 0.5) is 0 Å². The summed E-state index contributed by atoms with van der Waals surface area (Å²) in [5.74, 6) is 1.72. The van der Waals surface area contributed by atoms with Crippen molar-refractivity contribution in [2.45, 2.75) is 84.1 Å². The number of carbonyl (C=O) groups excluding carboxylic acids is 1. The van der Waals surface area contributed by atoms with Gasteiger partial charge in [0.25, 0.3) is 0 Å². The van der Waals surface area contributed by atoms with Gasteiger partial charge in [0, 0.05) is 5.92 Å². The number of rotatable bonds is 2. The molecule has 0 aromatic rings. The first-order valence-corrected chi connectivity index (χ1v) is 8.42. The minimum absolute atomic E-state index is 0.0408. The fraction of sp³-hybridized carbons (Fsp3) is 0.941. The van der Waals surface area contributed by atoms with Crippen molar-refractivity contribution in [1.29, 1.82) is 0 Å². The van der Waals surface area contributed by atoms with Crippen LogP contribution in [0.2, 0.25) is 0 Å². The molecule has 0 bridgehead atoms. The Labute approximate surface area is 123 Å². The highest BCUT2D eigenvalue weighted by molar-refractivity contribution is 5.78. The fourth-order valence-corrected chi connectivity index (χ4v) is 3.95. The average molecular weight is 281 g/mol. The molecular formula is C17H31NO2. The van der Waals surface area contributed by atoms with E-state index >= 15 is 0 Å². The Morgan fingerprint density at radius 1 is 0.900 bits per heavy atom. The van der Waals surface area contributed by atoms with E-state index in [-0.39, 0.29) is 11.8 Å². The van der Waals surface area contributed by atoms with Crippen LogP contribution in [0.15, 0.2) is 0 Å². The number of hydroxylamine groups is 2. The second-order valence-corrected chi connectivity index (χ2v) is 7.83. The van der Waals surface area contributed by atoms with Crippen molar-refractivity contribution >= 4 is 5.91 Å². The monoisotopic (exact) mass is 281 g/mol. The maximum absolute atomic E-state index is 12.3. The molecule has 0 aliphatic heterocycles. The van der Waals surface area contributed by atoms with Crippen molar-refractivity contribution < 1.29 is 10.0 Å². The quantitative estimate of drug-likeness (QED) is 0.602. The highest BCUT2D eigenvalue weighted by atomic mass is 16.5. The van der Waals surface area contributed by atoms with E-state index < -0.39 is 5.54 Å². The van der Waals surface area contributed by atoms with Crippen molar-refractivity contribution in [2.24, 2.45) is 17.8 Å². The van der Waals surface area contributed by atoms with E-state index in [1.807, 2.05) is 20.8 Å². The molecule has 2 aliphatic carbocycles. The summed E-state index contributed by atoms with van der Waals surface area (Å²) in [6.07, 6.45) is 11.3. The highest BCUT2D eigenvalue weighted by Gasteiger charge is 2.35. The Balaban J connectivity index is 1.83. The predicted octanol–water partition coefficient (Wildman–Crippen LogP) is 4.39. The predicted molar refractivity (Wildman–Crippen MR) is 80.4 cm³/mol. The zero-order chi connectivity index (χ0) is 14.8. The standard InChI is InChI=1S/C17H31NO2/c1-17(2,3)18(20)16(19)15-11-9-14(10-12-15)13-7-5-4-6-8-13/h13-15,20H,4-12H2,1-3H3. The minimum Gasteiger partial charge on any atom is -0.285 e. The molecule has 0 unspecified atom stereocenters. The molecule has 0 spiro atoms. The van der Waals surface area contributed by atoms with Gasteiger partial charge in [-0.1, -0.05) is 32.1 Å². The molecular weight excluding hydrogens is 250 g/mol. The number of carbonyl (C=O) groups is 1. The van der Waals surface area contributed by atoms with E-state index in [2.05, 4.69) is 0 Å². The Morgan fingerprint density at radius 2 is 1.40 bits per heavy atom. The first kappa shape index (κ1) is 15.8. The third-order valence-corrected chi connectivity index (χ3v) is 5.28. The number of hydrogen-bond acceptors (Lipinski definition) is 2. The summed E-state index contributed by atoms with van der Waals surface area (Å²) in [5, 5.41) is 11.0. The summed E-state index contributed by atoms with van der Waals surface area (Å²) in [5.41, 5.74) is -0.489. The van der Waals surface area contributed by atoms with E-state index in [1.54, 1.807) is 0 Å². The molecule has 3 heteroatoms. The van der Waals surface area contributed by atoms with Crippen LogP contribution in [0.3, 0.4) is 0 Å². The third kappa shape index (κ3) is 3.75. The van der Waals surface area contributed by atoms with Crippen molar-refractivity contribution in [3.63, 3.8) is 0 Å². The maximum Gasteiger partial charge on any atom is 0.249 e. The topological polar surface area (TPSA) is 40.5 Å². The molecule has 2 saturated carbocycles. The van der Waals surface area contributed by atoms with Crippen LogP contribution in [0.25, 0.3) is 0 Å². The summed E-state index contributed by atoms with van der Waals surface area (Å²) in [7, 11) is 0. The molecule has 116 valence electrons. The first-order chi connectivity index (χ1) is 9.39. The zero-order valence-electron chi connectivity index (χ0n) is 13.4. The minimum atomic E-state index is -0.489. The Kier molecular flexibility index (Phi) is 5.11. The number of amides is 1. The Hall–Kier alpha value is -0.570. The van der Waals surface area contributed by atoms with Crippen LogP contribution in [0.1, 0.15) is 78.6 Å². The molecule has 0 radical (unpaired) electrons. The van der Waals surface area contributed by atoms with Gasteiger partial charge in [-0.2, -0.15) is 0 Å². The van der Waals surface area contributed by atoms with Crippen molar-refractivity contribution in [3.8, 4) is 0 Å². The fourth-order valence-electron chi connectivity index (χ4n) is 3.95. The lowest BCUT2D eigenvalue weighted by atomic mass is 9.71. The third-order valence-electron chi connectivity index (χ3n) is 5.28. The van der Waals surface area contributed by atoms with Gasteiger partial charge in [0.1, 0.15) is 0 Å². The van der Waals surface area contributed by atoms with Gasteiger partial charge in [0.05, 0.1) is 5.54 Å². The van der Waals surface area contributed by atoms with Crippen LogP contribution in [-0.4, -0.2) is 21.7 Å². The lowest BCUT2D eigenvalue weighted by Gasteiger charge is -2.38. The molecule has 0 heterocycles. The summed E-state index contributed by atoms with van der Waals surface area (Å²) >= 11 is 0. The van der Waals surface area contributed by atoms with E-state index in [0.717, 1.165) is 29.7 Å². The van der Waals surface area contributed by atoms with E-state index in [1.165, 1.54) is 44.9 Å². The van der Waals surface area contributed by atoms with Crippen LogP contribution in [-0.2, 0) is 4.79 Å². The lowest BCUT2D eigenvalue weighted by Crippen LogP contribution is -2.46. The molecule has 0 aromatic heterocycles. The summed E-state index contributed by atoms with van der Waals surface area (Å²) in [4.78, 5) is 12.3. The molecule has 0 atom stereocenters. The van der Waals surface area contributed by atoms with Gasteiger partial charge < -0.3 is 0 Å². The molecule has 0 saturated heterocycles. The van der Waals surface area contributed by atoms with Gasteiger partial charge in [-0.05, 0) is 58.3 Å². The van der Waals surface area contributed by atoms with E-state index in [0.29, 0.717) is 0 Å². The zero-order valence-corrected chi connectivity index (χ0v) is 13.4. The number of nitrogens with zero attached hydrogens (tertiary/aromatic N) is 1. The molecule has 2 rings (SSSR count).